The summed E-state index contributed by atoms with van der Waals surface area (Å²) in [5, 5.41) is 1.01. The standard InChI is InChI=1S/C23H17FO3S/c1-15-2-11-20-21(14-15)28-23(16-3-5-17(24)6-4-16)22(20)27-19-9-7-18(8-10-19)26-13-12-25/h2-12,14H,13H2,1H3. The number of ether oxygens (including phenoxy) is 2. The quantitative estimate of drug-likeness (QED) is 0.357. The van der Waals surface area contributed by atoms with Crippen molar-refractivity contribution >= 4 is 27.7 Å². The van der Waals surface area contributed by atoms with Gasteiger partial charge in [0, 0.05) is 10.1 Å². The molecule has 3 aromatic carbocycles. The fourth-order valence-electron chi connectivity index (χ4n) is 2.92. The third-order valence-electron chi connectivity index (χ3n) is 4.27. The van der Waals surface area contributed by atoms with Gasteiger partial charge in [-0.15, -0.1) is 11.3 Å². The van der Waals surface area contributed by atoms with Crippen LogP contribution < -0.4 is 9.47 Å². The van der Waals surface area contributed by atoms with Crippen molar-refractivity contribution in [1.29, 1.82) is 0 Å². The number of halogens is 1. The Balaban J connectivity index is 1.75. The van der Waals surface area contributed by atoms with Gasteiger partial charge in [-0.25, -0.2) is 4.39 Å². The molecule has 1 heterocycles. The van der Waals surface area contributed by atoms with Crippen LogP contribution in [0.15, 0.2) is 66.7 Å². The number of carbonyl (C=O) groups excluding carboxylic acids is 1. The lowest BCUT2D eigenvalue weighted by molar-refractivity contribution is -0.109. The number of benzene rings is 3. The van der Waals surface area contributed by atoms with E-state index in [1.165, 1.54) is 17.7 Å². The zero-order valence-corrected chi connectivity index (χ0v) is 16.0. The molecule has 0 bridgehead atoms. The number of rotatable bonds is 6. The Bertz CT molecular complexity index is 1120. The van der Waals surface area contributed by atoms with E-state index in [9.17, 15) is 9.18 Å². The maximum atomic E-state index is 13.4. The van der Waals surface area contributed by atoms with Gasteiger partial charge in [0.1, 0.15) is 23.9 Å². The lowest BCUT2D eigenvalue weighted by atomic mass is 10.1. The number of aldehydes is 1. The summed E-state index contributed by atoms with van der Waals surface area (Å²) in [6.45, 7) is 2.07. The highest BCUT2D eigenvalue weighted by Crippen LogP contribution is 2.46. The molecule has 0 fully saturated rings. The van der Waals surface area contributed by atoms with Gasteiger partial charge in [0.25, 0.3) is 0 Å². The highest BCUT2D eigenvalue weighted by molar-refractivity contribution is 7.22. The van der Waals surface area contributed by atoms with E-state index in [1.54, 1.807) is 47.7 Å². The van der Waals surface area contributed by atoms with Crippen LogP contribution in [0.3, 0.4) is 0 Å². The monoisotopic (exact) mass is 392 g/mol. The largest absolute Gasteiger partial charge is 0.486 e. The third-order valence-corrected chi connectivity index (χ3v) is 5.45. The normalized spacial score (nSPS) is 10.8. The molecule has 5 heteroatoms. The van der Waals surface area contributed by atoms with Gasteiger partial charge in [-0.3, -0.25) is 4.79 Å². The molecule has 1 aromatic heterocycles. The Labute approximate surface area is 166 Å². The highest BCUT2D eigenvalue weighted by atomic mass is 32.1. The van der Waals surface area contributed by atoms with E-state index < -0.39 is 0 Å². The van der Waals surface area contributed by atoms with Gasteiger partial charge >= 0.3 is 0 Å². The maximum absolute atomic E-state index is 13.4. The van der Waals surface area contributed by atoms with Gasteiger partial charge in [-0.05, 0) is 66.6 Å². The Morgan fingerprint density at radius 1 is 0.964 bits per heavy atom. The number of thiophene rings is 1. The van der Waals surface area contributed by atoms with E-state index in [1.807, 2.05) is 12.1 Å². The van der Waals surface area contributed by atoms with Crippen molar-refractivity contribution in [3.8, 4) is 27.7 Å². The molecule has 0 N–H and O–H groups in total. The summed E-state index contributed by atoms with van der Waals surface area (Å²) in [5.41, 5.74) is 2.07. The first-order valence-corrected chi connectivity index (χ1v) is 9.59. The molecule has 0 atom stereocenters. The molecule has 0 aliphatic rings. The second kappa shape index (κ2) is 7.82. The molecular formula is C23H17FO3S. The lowest BCUT2D eigenvalue weighted by Crippen LogP contribution is -1.97. The minimum Gasteiger partial charge on any atom is -0.486 e. The van der Waals surface area contributed by atoms with Crippen LogP contribution in [0.2, 0.25) is 0 Å². The molecule has 0 saturated heterocycles. The average molecular weight is 392 g/mol. The molecule has 0 radical (unpaired) electrons. The first-order valence-electron chi connectivity index (χ1n) is 8.77. The van der Waals surface area contributed by atoms with E-state index in [2.05, 4.69) is 13.0 Å². The molecule has 28 heavy (non-hydrogen) atoms. The maximum Gasteiger partial charge on any atom is 0.157 e. The second-order valence-corrected chi connectivity index (χ2v) is 7.37. The van der Waals surface area contributed by atoms with Crippen LogP contribution in [0.5, 0.6) is 17.2 Å². The molecule has 0 saturated carbocycles. The van der Waals surface area contributed by atoms with Crippen molar-refractivity contribution in [3.63, 3.8) is 0 Å². The summed E-state index contributed by atoms with van der Waals surface area (Å²) in [6.07, 6.45) is 0.707. The number of hydrogen-bond acceptors (Lipinski definition) is 4. The summed E-state index contributed by atoms with van der Waals surface area (Å²) < 4.78 is 26.0. The van der Waals surface area contributed by atoms with E-state index in [-0.39, 0.29) is 12.4 Å². The predicted molar refractivity (Wildman–Crippen MR) is 110 cm³/mol. The van der Waals surface area contributed by atoms with Gasteiger partial charge in [0.2, 0.25) is 0 Å². The average Bonchev–Trinajstić information content (AvgIpc) is 3.05. The van der Waals surface area contributed by atoms with Gasteiger partial charge < -0.3 is 9.47 Å². The zero-order valence-electron chi connectivity index (χ0n) is 15.1. The van der Waals surface area contributed by atoms with Gasteiger partial charge in [-0.1, -0.05) is 18.2 Å². The minimum absolute atomic E-state index is 0.0173. The minimum atomic E-state index is -0.269. The predicted octanol–water partition coefficient (Wildman–Crippen LogP) is 6.39. The first-order chi connectivity index (χ1) is 13.6. The third kappa shape index (κ3) is 3.75. The van der Waals surface area contributed by atoms with Crippen molar-refractivity contribution in [3.05, 3.63) is 78.1 Å². The molecule has 140 valence electrons. The summed E-state index contributed by atoms with van der Waals surface area (Å²) in [5.74, 6) is 1.73. The van der Waals surface area contributed by atoms with Crippen LogP contribution in [0.25, 0.3) is 20.5 Å². The molecular weight excluding hydrogens is 375 g/mol. The molecule has 0 aliphatic carbocycles. The van der Waals surface area contributed by atoms with Crippen LogP contribution in [-0.2, 0) is 4.79 Å². The molecule has 4 aromatic rings. The zero-order chi connectivity index (χ0) is 19.5. The second-order valence-electron chi connectivity index (χ2n) is 6.32. The number of carbonyl (C=O) groups is 1. The Morgan fingerprint density at radius 2 is 1.68 bits per heavy atom. The summed E-state index contributed by atoms with van der Waals surface area (Å²) >= 11 is 1.62. The summed E-state index contributed by atoms with van der Waals surface area (Å²) in [6, 6.07) is 19.8. The van der Waals surface area contributed by atoms with Crippen LogP contribution in [-0.4, -0.2) is 12.9 Å². The van der Waals surface area contributed by atoms with Gasteiger partial charge in [0.15, 0.2) is 12.0 Å². The van der Waals surface area contributed by atoms with E-state index in [0.29, 0.717) is 17.8 Å². The molecule has 3 nitrogen and oxygen atoms in total. The summed E-state index contributed by atoms with van der Waals surface area (Å²) in [7, 11) is 0. The van der Waals surface area contributed by atoms with E-state index in [4.69, 9.17) is 9.47 Å². The van der Waals surface area contributed by atoms with Gasteiger partial charge in [-0.2, -0.15) is 0 Å². The van der Waals surface area contributed by atoms with Gasteiger partial charge in [0.05, 0.1) is 4.88 Å². The van der Waals surface area contributed by atoms with Crippen LogP contribution >= 0.6 is 11.3 Å². The SMILES string of the molecule is Cc1ccc2c(Oc3ccc(OCC=O)cc3)c(-c3ccc(F)cc3)sc2c1. The van der Waals surface area contributed by atoms with Crippen LogP contribution in [0, 0.1) is 12.7 Å². The smallest absolute Gasteiger partial charge is 0.157 e. The summed E-state index contributed by atoms with van der Waals surface area (Å²) in [4.78, 5) is 11.4. The molecule has 4 rings (SSSR count). The Hall–Kier alpha value is -3.18. The molecule has 0 amide bonds. The molecule has 0 spiro atoms. The topological polar surface area (TPSA) is 35.5 Å². The number of fused-ring (bicyclic) bond motifs is 1. The van der Waals surface area contributed by atoms with Crippen LogP contribution in [0.4, 0.5) is 4.39 Å². The highest BCUT2D eigenvalue weighted by Gasteiger charge is 2.16. The first kappa shape index (κ1) is 18.2. The number of aryl methyl sites for hydroxylation is 1. The van der Waals surface area contributed by atoms with Crippen molar-refractivity contribution in [2.75, 3.05) is 6.61 Å². The van der Waals surface area contributed by atoms with E-state index >= 15 is 0 Å². The van der Waals surface area contributed by atoms with E-state index in [0.717, 1.165) is 26.3 Å². The van der Waals surface area contributed by atoms with Crippen molar-refractivity contribution in [2.24, 2.45) is 0 Å². The Morgan fingerprint density at radius 3 is 2.39 bits per heavy atom. The Kier molecular flexibility index (Phi) is 5.08. The van der Waals surface area contributed by atoms with Crippen molar-refractivity contribution in [2.45, 2.75) is 6.92 Å². The van der Waals surface area contributed by atoms with Crippen LogP contribution in [0.1, 0.15) is 5.56 Å². The fourth-order valence-corrected chi connectivity index (χ4v) is 4.16. The fraction of sp³-hybridized carbons (Fsp3) is 0.0870. The van der Waals surface area contributed by atoms with Crippen molar-refractivity contribution < 1.29 is 18.7 Å². The lowest BCUT2D eigenvalue weighted by Gasteiger charge is -2.09. The number of hydrogen-bond donors (Lipinski definition) is 0. The molecule has 0 aliphatic heterocycles. The van der Waals surface area contributed by atoms with Crippen molar-refractivity contribution in [1.82, 2.24) is 0 Å². The molecule has 0 unspecified atom stereocenters.